The Morgan fingerprint density at radius 1 is 1.09 bits per heavy atom. The monoisotopic (exact) mass is 473 g/mol. The minimum absolute atomic E-state index is 0.147. The third-order valence-corrected chi connectivity index (χ3v) is 7.33. The number of rotatable bonds is 13. The van der Waals surface area contributed by atoms with Crippen LogP contribution in [0.3, 0.4) is 0 Å². The van der Waals surface area contributed by atoms with E-state index in [4.69, 9.17) is 9.47 Å². The van der Waals surface area contributed by atoms with Crippen LogP contribution in [-0.2, 0) is 15.9 Å². The van der Waals surface area contributed by atoms with Crippen LogP contribution in [0.5, 0.6) is 0 Å². The Hall–Kier alpha value is -2.62. The average molecular weight is 474 g/mol. The van der Waals surface area contributed by atoms with Crippen LogP contribution in [0.25, 0.3) is 0 Å². The van der Waals surface area contributed by atoms with E-state index in [0.717, 1.165) is 44.3 Å². The van der Waals surface area contributed by atoms with Crippen LogP contribution in [0.4, 0.5) is 5.69 Å². The van der Waals surface area contributed by atoms with Crippen molar-refractivity contribution in [2.75, 3.05) is 26.1 Å². The van der Waals surface area contributed by atoms with Gasteiger partial charge in [-0.25, -0.2) is 0 Å². The fraction of sp³-hybridized carbons (Fsp3) is 0.438. The first-order valence-corrected chi connectivity index (χ1v) is 13.1. The normalized spacial score (nSPS) is 19.1. The Morgan fingerprint density at radius 3 is 2.49 bits per heavy atom. The minimum atomic E-state index is -0.147. The number of allylic oxidation sites excluding steroid dienone is 5. The van der Waals surface area contributed by atoms with Gasteiger partial charge in [-0.2, -0.15) is 0 Å². The maximum Gasteiger partial charge on any atom is 0.159 e. The molecule has 0 spiro atoms. The zero-order chi connectivity index (χ0) is 25.0. The molecule has 188 valence electrons. The molecule has 0 aliphatic heterocycles. The molecule has 0 saturated heterocycles. The van der Waals surface area contributed by atoms with E-state index in [1.54, 1.807) is 14.2 Å². The molecule has 3 nitrogen and oxygen atoms in total. The van der Waals surface area contributed by atoms with Crippen molar-refractivity contribution in [3.8, 4) is 0 Å². The molecule has 0 amide bonds. The van der Waals surface area contributed by atoms with Crippen molar-refractivity contribution in [3.63, 3.8) is 0 Å². The molecule has 0 aromatic heterocycles. The molecule has 0 saturated carbocycles. The number of hydrogen-bond donors (Lipinski definition) is 1. The zero-order valence-corrected chi connectivity index (χ0v) is 22.0. The SMILES string of the molecule is C=C/C(=C\C=C/CC)[C@H]1CCc2ccccc2C1c1ccc(NCCC(CC)C(OC)OC)cc1. The van der Waals surface area contributed by atoms with E-state index in [0.29, 0.717) is 17.8 Å². The highest BCUT2D eigenvalue weighted by atomic mass is 16.7. The number of anilines is 1. The second-order valence-corrected chi connectivity index (χ2v) is 9.37. The first kappa shape index (κ1) is 27.0. The molecule has 1 aliphatic rings. The molecule has 1 aliphatic carbocycles. The Balaban J connectivity index is 1.79. The van der Waals surface area contributed by atoms with Gasteiger partial charge >= 0.3 is 0 Å². The van der Waals surface area contributed by atoms with Gasteiger partial charge in [0.2, 0.25) is 0 Å². The number of methoxy groups -OCH3 is 2. The van der Waals surface area contributed by atoms with E-state index in [2.05, 4.69) is 98.6 Å². The molecule has 1 N–H and O–H groups in total. The molecule has 2 unspecified atom stereocenters. The van der Waals surface area contributed by atoms with Crippen LogP contribution in [0.1, 0.15) is 62.1 Å². The average Bonchev–Trinajstić information content (AvgIpc) is 2.91. The summed E-state index contributed by atoms with van der Waals surface area (Å²) in [5.41, 5.74) is 6.77. The van der Waals surface area contributed by atoms with Crippen LogP contribution < -0.4 is 5.32 Å². The summed E-state index contributed by atoms with van der Waals surface area (Å²) in [6.07, 6.45) is 13.9. The Morgan fingerprint density at radius 2 is 1.83 bits per heavy atom. The zero-order valence-electron chi connectivity index (χ0n) is 22.0. The maximum absolute atomic E-state index is 5.47. The van der Waals surface area contributed by atoms with E-state index >= 15 is 0 Å². The lowest BCUT2D eigenvalue weighted by Crippen LogP contribution is -2.26. The highest BCUT2D eigenvalue weighted by Crippen LogP contribution is 2.44. The summed E-state index contributed by atoms with van der Waals surface area (Å²) < 4.78 is 10.9. The van der Waals surface area contributed by atoms with Gasteiger partial charge in [0.1, 0.15) is 0 Å². The molecule has 3 rings (SSSR count). The summed E-state index contributed by atoms with van der Waals surface area (Å²) in [5.74, 6) is 1.14. The fourth-order valence-electron chi connectivity index (χ4n) is 5.41. The third-order valence-electron chi connectivity index (χ3n) is 7.33. The van der Waals surface area contributed by atoms with Crippen LogP contribution in [0.15, 0.2) is 85.0 Å². The van der Waals surface area contributed by atoms with Gasteiger partial charge in [-0.3, -0.25) is 0 Å². The van der Waals surface area contributed by atoms with Crippen molar-refractivity contribution < 1.29 is 9.47 Å². The molecule has 0 heterocycles. The number of ether oxygens (including phenoxy) is 2. The highest BCUT2D eigenvalue weighted by Gasteiger charge is 2.32. The number of fused-ring (bicyclic) bond motifs is 1. The molecule has 3 heteroatoms. The van der Waals surface area contributed by atoms with Crippen molar-refractivity contribution in [2.45, 2.75) is 58.2 Å². The summed E-state index contributed by atoms with van der Waals surface area (Å²) in [6, 6.07) is 18.0. The molecule has 2 aromatic rings. The molecule has 35 heavy (non-hydrogen) atoms. The summed E-state index contributed by atoms with van der Waals surface area (Å²) >= 11 is 0. The molecule has 0 bridgehead atoms. The van der Waals surface area contributed by atoms with Gasteiger partial charge in [-0.05, 0) is 72.4 Å². The van der Waals surface area contributed by atoms with Crippen molar-refractivity contribution in [1.29, 1.82) is 0 Å². The Kier molecular flexibility index (Phi) is 10.8. The van der Waals surface area contributed by atoms with Gasteiger partial charge in [0.15, 0.2) is 6.29 Å². The van der Waals surface area contributed by atoms with Crippen LogP contribution in [0, 0.1) is 11.8 Å². The Bertz CT molecular complexity index is 971. The Labute approximate surface area is 212 Å². The summed E-state index contributed by atoms with van der Waals surface area (Å²) in [5, 5.41) is 3.59. The molecule has 0 radical (unpaired) electrons. The molecule has 2 aromatic carbocycles. The standard InChI is InChI=1S/C32H43NO2/c1-6-9-10-13-24(7-2)30-21-18-26-14-11-12-15-29(26)31(30)27-16-19-28(20-17-27)33-23-22-25(8-3)32(34-4)35-5/h7,9-17,19-20,25,30-33H,2,6,8,18,21-23H2,1,3-5H3/b10-9-,24-13+/t25?,30-,31?/m1/s1. The number of hydrogen-bond acceptors (Lipinski definition) is 3. The van der Waals surface area contributed by atoms with Crippen LogP contribution >= 0.6 is 0 Å². The maximum atomic E-state index is 5.47. The minimum Gasteiger partial charge on any atom is -0.385 e. The molecule has 3 atom stereocenters. The van der Waals surface area contributed by atoms with E-state index < -0.39 is 0 Å². The first-order chi connectivity index (χ1) is 17.2. The number of aryl methyl sites for hydroxylation is 1. The van der Waals surface area contributed by atoms with E-state index in [1.807, 2.05) is 0 Å². The van der Waals surface area contributed by atoms with E-state index in [1.165, 1.54) is 22.3 Å². The first-order valence-electron chi connectivity index (χ1n) is 13.1. The predicted octanol–water partition coefficient (Wildman–Crippen LogP) is 7.91. The summed E-state index contributed by atoms with van der Waals surface area (Å²) in [7, 11) is 3.43. The van der Waals surface area contributed by atoms with Crippen molar-refractivity contribution in [2.24, 2.45) is 11.8 Å². The smallest absolute Gasteiger partial charge is 0.159 e. The second kappa shape index (κ2) is 14.1. The van der Waals surface area contributed by atoms with E-state index in [9.17, 15) is 0 Å². The lowest BCUT2D eigenvalue weighted by Gasteiger charge is -2.35. The highest BCUT2D eigenvalue weighted by molar-refractivity contribution is 5.50. The molecular formula is C32H43NO2. The van der Waals surface area contributed by atoms with Crippen molar-refractivity contribution in [1.82, 2.24) is 0 Å². The van der Waals surface area contributed by atoms with Gasteiger partial charge in [0.25, 0.3) is 0 Å². The number of nitrogens with one attached hydrogen (secondary N) is 1. The van der Waals surface area contributed by atoms with Gasteiger partial charge in [0, 0.05) is 38.3 Å². The quantitative estimate of drug-likeness (QED) is 0.237. The summed E-state index contributed by atoms with van der Waals surface area (Å²) in [6.45, 7) is 9.41. The molecular weight excluding hydrogens is 430 g/mol. The lowest BCUT2D eigenvalue weighted by atomic mass is 9.69. The van der Waals surface area contributed by atoms with Crippen molar-refractivity contribution >= 4 is 5.69 Å². The number of benzene rings is 2. The van der Waals surface area contributed by atoms with Gasteiger partial charge in [-0.15, -0.1) is 0 Å². The lowest BCUT2D eigenvalue weighted by molar-refractivity contribution is -0.138. The van der Waals surface area contributed by atoms with E-state index in [-0.39, 0.29) is 6.29 Å². The third kappa shape index (κ3) is 6.96. The van der Waals surface area contributed by atoms with Gasteiger partial charge < -0.3 is 14.8 Å². The topological polar surface area (TPSA) is 30.5 Å². The van der Waals surface area contributed by atoms with Gasteiger partial charge in [-0.1, -0.05) is 81.1 Å². The second-order valence-electron chi connectivity index (χ2n) is 9.37. The van der Waals surface area contributed by atoms with Gasteiger partial charge in [0.05, 0.1) is 0 Å². The largest absolute Gasteiger partial charge is 0.385 e. The van der Waals surface area contributed by atoms with Crippen molar-refractivity contribution in [3.05, 3.63) is 102 Å². The predicted molar refractivity (Wildman–Crippen MR) is 149 cm³/mol. The molecule has 0 fully saturated rings. The summed E-state index contributed by atoms with van der Waals surface area (Å²) in [4.78, 5) is 0. The fourth-order valence-corrected chi connectivity index (χ4v) is 5.41. The van der Waals surface area contributed by atoms with Crippen LogP contribution in [-0.4, -0.2) is 27.1 Å². The van der Waals surface area contributed by atoms with Crippen LogP contribution in [0.2, 0.25) is 0 Å².